The standard InChI is InChI=1S/C42H32N4O/c1-4-10-30(11-5-1)39-44-40(31-12-6-2-7-13-31)46-41(45-39)32-21-16-27(17-22-32)34-23-19-28-18-20-29-24-25-36-38(37(29)35(28)26-34)47-42(43-36)33-14-8-3-9-15-33/h1-26,39,41-43,45H,(H,44,46). The molecule has 0 amide bonds. The molecule has 47 heavy (non-hydrogen) atoms. The van der Waals surface area contributed by atoms with Gasteiger partial charge in [0, 0.05) is 16.5 Å². The normalized spacial score (nSPS) is 18.6. The lowest BCUT2D eigenvalue weighted by Crippen LogP contribution is -2.44. The van der Waals surface area contributed by atoms with Crippen molar-refractivity contribution in [3.05, 3.63) is 180 Å². The summed E-state index contributed by atoms with van der Waals surface area (Å²) in [6.07, 6.45) is -0.475. The van der Waals surface area contributed by atoms with E-state index in [0.29, 0.717) is 0 Å². The molecule has 3 unspecified atom stereocenters. The van der Waals surface area contributed by atoms with Crippen LogP contribution in [0.1, 0.15) is 40.8 Å². The van der Waals surface area contributed by atoms with Crippen LogP contribution in [-0.2, 0) is 0 Å². The molecule has 9 rings (SSSR count). The second kappa shape index (κ2) is 11.5. The number of nitrogens with zero attached hydrogens (tertiary/aromatic N) is 1. The summed E-state index contributed by atoms with van der Waals surface area (Å²) in [7, 11) is 0. The highest BCUT2D eigenvalue weighted by Gasteiger charge is 2.27. The zero-order valence-corrected chi connectivity index (χ0v) is 25.6. The molecule has 0 bridgehead atoms. The van der Waals surface area contributed by atoms with Crippen LogP contribution in [0, 0.1) is 0 Å². The topological polar surface area (TPSA) is 57.7 Å². The lowest BCUT2D eigenvalue weighted by atomic mass is 9.95. The van der Waals surface area contributed by atoms with Gasteiger partial charge in [0.25, 0.3) is 0 Å². The van der Waals surface area contributed by atoms with Gasteiger partial charge < -0.3 is 15.4 Å². The molecule has 0 radical (unpaired) electrons. The first-order valence-electron chi connectivity index (χ1n) is 16.1. The summed E-state index contributed by atoms with van der Waals surface area (Å²) in [6.45, 7) is 0. The quantitative estimate of drug-likeness (QED) is 0.170. The van der Waals surface area contributed by atoms with E-state index in [2.05, 4.69) is 131 Å². The molecule has 0 spiro atoms. The van der Waals surface area contributed by atoms with Crippen molar-refractivity contribution >= 4 is 33.1 Å². The third-order valence-electron chi connectivity index (χ3n) is 9.18. The van der Waals surface area contributed by atoms with E-state index in [4.69, 9.17) is 9.73 Å². The minimum absolute atomic E-state index is 0.104. The number of hydrogen-bond donors (Lipinski definition) is 3. The molecule has 2 heterocycles. The van der Waals surface area contributed by atoms with Gasteiger partial charge in [-0.15, -0.1) is 0 Å². The summed E-state index contributed by atoms with van der Waals surface area (Å²) >= 11 is 0. The average Bonchev–Trinajstić information content (AvgIpc) is 3.60. The van der Waals surface area contributed by atoms with Gasteiger partial charge >= 0.3 is 0 Å². The van der Waals surface area contributed by atoms with E-state index < -0.39 is 0 Å². The van der Waals surface area contributed by atoms with Crippen molar-refractivity contribution in [1.82, 2.24) is 10.6 Å². The van der Waals surface area contributed by atoms with Crippen LogP contribution in [0.25, 0.3) is 32.7 Å². The Hall–Kier alpha value is -5.91. The predicted molar refractivity (Wildman–Crippen MR) is 191 cm³/mol. The van der Waals surface area contributed by atoms with Crippen LogP contribution in [0.5, 0.6) is 5.75 Å². The molecule has 0 saturated carbocycles. The minimum Gasteiger partial charge on any atom is -0.464 e. The summed E-state index contributed by atoms with van der Waals surface area (Å²) in [5, 5.41) is 15.6. The molecule has 0 saturated heterocycles. The van der Waals surface area contributed by atoms with Crippen molar-refractivity contribution in [2.45, 2.75) is 18.6 Å². The smallest absolute Gasteiger partial charge is 0.196 e. The van der Waals surface area contributed by atoms with Crippen LogP contribution >= 0.6 is 0 Å². The van der Waals surface area contributed by atoms with E-state index >= 15 is 0 Å². The highest BCUT2D eigenvalue weighted by atomic mass is 16.5. The van der Waals surface area contributed by atoms with E-state index in [0.717, 1.165) is 61.4 Å². The van der Waals surface area contributed by atoms with E-state index in [1.807, 2.05) is 42.5 Å². The molecule has 0 aromatic heterocycles. The van der Waals surface area contributed by atoms with Crippen LogP contribution in [0.4, 0.5) is 5.69 Å². The van der Waals surface area contributed by atoms with Crippen molar-refractivity contribution in [2.75, 3.05) is 5.32 Å². The van der Waals surface area contributed by atoms with Crippen molar-refractivity contribution in [3.63, 3.8) is 0 Å². The Kier molecular flexibility index (Phi) is 6.69. The fourth-order valence-corrected chi connectivity index (χ4v) is 6.74. The molecule has 5 nitrogen and oxygen atoms in total. The maximum Gasteiger partial charge on any atom is 0.196 e. The number of amidine groups is 1. The number of rotatable bonds is 5. The maximum absolute atomic E-state index is 6.59. The molecule has 2 aliphatic heterocycles. The van der Waals surface area contributed by atoms with E-state index in [1.165, 1.54) is 10.8 Å². The Morgan fingerprint density at radius 2 is 1.15 bits per heavy atom. The highest BCUT2D eigenvalue weighted by Crippen LogP contribution is 2.46. The molecule has 3 atom stereocenters. The summed E-state index contributed by atoms with van der Waals surface area (Å²) in [6, 6.07) is 55.3. The van der Waals surface area contributed by atoms with E-state index in [1.54, 1.807) is 0 Å². The van der Waals surface area contributed by atoms with Gasteiger partial charge in [-0.3, -0.25) is 5.32 Å². The van der Waals surface area contributed by atoms with Crippen LogP contribution in [0.3, 0.4) is 0 Å². The highest BCUT2D eigenvalue weighted by molar-refractivity contribution is 6.13. The number of fused-ring (bicyclic) bond motifs is 5. The largest absolute Gasteiger partial charge is 0.464 e. The number of anilines is 1. The second-order valence-electron chi connectivity index (χ2n) is 12.1. The molecular weight excluding hydrogens is 576 g/mol. The predicted octanol–water partition coefficient (Wildman–Crippen LogP) is 9.50. The Balaban J connectivity index is 1.05. The molecule has 7 aromatic carbocycles. The first kappa shape index (κ1) is 27.4. The van der Waals surface area contributed by atoms with Gasteiger partial charge in [-0.1, -0.05) is 146 Å². The number of nitrogens with one attached hydrogen (secondary N) is 3. The molecule has 0 aliphatic carbocycles. The Morgan fingerprint density at radius 1 is 0.511 bits per heavy atom. The molecule has 226 valence electrons. The van der Waals surface area contributed by atoms with Gasteiger partial charge in [0.15, 0.2) is 12.0 Å². The number of hydrogen-bond acceptors (Lipinski definition) is 5. The van der Waals surface area contributed by atoms with Crippen molar-refractivity contribution < 1.29 is 4.74 Å². The van der Waals surface area contributed by atoms with Crippen molar-refractivity contribution in [1.29, 1.82) is 0 Å². The minimum atomic E-state index is -0.210. The van der Waals surface area contributed by atoms with Gasteiger partial charge in [-0.2, -0.15) is 0 Å². The second-order valence-corrected chi connectivity index (χ2v) is 12.1. The van der Waals surface area contributed by atoms with Crippen LogP contribution in [0.2, 0.25) is 0 Å². The zero-order valence-electron chi connectivity index (χ0n) is 25.6. The third kappa shape index (κ3) is 5.07. The maximum atomic E-state index is 6.59. The molecular formula is C42H32N4O. The van der Waals surface area contributed by atoms with Gasteiger partial charge in [-0.25, -0.2) is 4.99 Å². The summed E-state index contributed by atoms with van der Waals surface area (Å²) in [5.41, 5.74) is 7.81. The summed E-state index contributed by atoms with van der Waals surface area (Å²) in [4.78, 5) is 5.04. The number of aliphatic imine (C=N–C) groups is 1. The monoisotopic (exact) mass is 608 g/mol. The van der Waals surface area contributed by atoms with Crippen LogP contribution in [-0.4, -0.2) is 5.84 Å². The number of benzene rings is 7. The summed E-state index contributed by atoms with van der Waals surface area (Å²) < 4.78 is 6.59. The van der Waals surface area contributed by atoms with E-state index in [9.17, 15) is 0 Å². The number of ether oxygens (including phenoxy) is 1. The van der Waals surface area contributed by atoms with Crippen molar-refractivity contribution in [2.24, 2.45) is 4.99 Å². The Morgan fingerprint density at radius 3 is 1.91 bits per heavy atom. The zero-order chi connectivity index (χ0) is 31.2. The van der Waals surface area contributed by atoms with Crippen molar-refractivity contribution in [3.8, 4) is 16.9 Å². The third-order valence-corrected chi connectivity index (χ3v) is 9.18. The van der Waals surface area contributed by atoms with Gasteiger partial charge in [0.1, 0.15) is 18.2 Å². The first-order valence-corrected chi connectivity index (χ1v) is 16.1. The first-order chi connectivity index (χ1) is 23.3. The molecule has 3 N–H and O–H groups in total. The Labute approximate surface area is 273 Å². The average molecular weight is 609 g/mol. The molecule has 5 heteroatoms. The van der Waals surface area contributed by atoms with Crippen LogP contribution in [0.15, 0.2) is 163 Å². The molecule has 7 aromatic rings. The SMILES string of the molecule is c1ccc(C2=NC(c3ccccc3)NC(c3ccc(-c4ccc5ccc6ccc7c(c6c5c4)OC(c4ccccc4)N7)cc3)N2)cc1. The molecule has 0 fully saturated rings. The lowest BCUT2D eigenvalue weighted by molar-refractivity contribution is 0.263. The van der Waals surface area contributed by atoms with Gasteiger partial charge in [0.2, 0.25) is 0 Å². The van der Waals surface area contributed by atoms with Gasteiger partial charge in [0.05, 0.1) is 5.69 Å². The fourth-order valence-electron chi connectivity index (χ4n) is 6.74. The van der Waals surface area contributed by atoms with Gasteiger partial charge in [-0.05, 0) is 50.5 Å². The fraction of sp³-hybridized carbons (Fsp3) is 0.0714. The molecule has 2 aliphatic rings. The lowest BCUT2D eigenvalue weighted by Gasteiger charge is -2.32. The van der Waals surface area contributed by atoms with E-state index in [-0.39, 0.29) is 18.6 Å². The Bertz CT molecular complexity index is 2250. The van der Waals surface area contributed by atoms with Crippen LogP contribution < -0.4 is 20.7 Å². The summed E-state index contributed by atoms with van der Waals surface area (Å²) in [5.74, 6) is 1.79.